The second-order valence-electron chi connectivity index (χ2n) is 3.72. The van der Waals surface area contributed by atoms with Gasteiger partial charge in [-0.15, -0.1) is 0 Å². The molecule has 2 heteroatoms. The number of unbranched alkanes of at least 4 members (excludes halogenated alkanes) is 8. The Hall–Kier alpha value is -0.0800. The molecule has 1 N–H and O–H groups in total. The summed E-state index contributed by atoms with van der Waals surface area (Å²) >= 11 is 0. The fourth-order valence-electron chi connectivity index (χ4n) is 1.51. The van der Waals surface area contributed by atoms with Gasteiger partial charge in [0.15, 0.2) is 0 Å². The van der Waals surface area contributed by atoms with Crippen molar-refractivity contribution in [3.63, 3.8) is 0 Å². The minimum Gasteiger partial charge on any atom is -0.788 e. The van der Waals surface area contributed by atoms with Crippen LogP contribution in [-0.2, 0) is 0 Å². The molecule has 0 atom stereocenters. The molecule has 0 aliphatic rings. The summed E-state index contributed by atoms with van der Waals surface area (Å²) in [6.45, 7) is 2.88. The van der Waals surface area contributed by atoms with E-state index in [1.165, 1.54) is 51.4 Å². The van der Waals surface area contributed by atoms with E-state index in [0.717, 1.165) is 6.42 Å². The van der Waals surface area contributed by atoms with E-state index in [4.69, 9.17) is 0 Å². The molecular weight excluding hydrogens is 162 g/mol. The predicted octanol–water partition coefficient (Wildman–Crippen LogP) is 3.60. The highest BCUT2D eigenvalue weighted by molar-refractivity contribution is 4.49. The molecule has 13 heavy (non-hydrogen) atoms. The first kappa shape index (κ1) is 12.9. The van der Waals surface area contributed by atoms with Gasteiger partial charge in [0.1, 0.15) is 0 Å². The van der Waals surface area contributed by atoms with E-state index in [-0.39, 0.29) is 0 Å². The lowest BCUT2D eigenvalue weighted by Gasteiger charge is -2.06. The highest BCUT2D eigenvalue weighted by Crippen LogP contribution is 2.08. The molecule has 0 aliphatic heterocycles. The van der Waals surface area contributed by atoms with Crippen LogP contribution in [0, 0.1) is 5.21 Å². The van der Waals surface area contributed by atoms with Crippen LogP contribution in [0.15, 0.2) is 0 Å². The van der Waals surface area contributed by atoms with Crippen molar-refractivity contribution in [2.45, 2.75) is 64.7 Å². The summed E-state index contributed by atoms with van der Waals surface area (Å²) in [4.78, 5) is 0. The molecule has 0 saturated heterocycles. The fourth-order valence-corrected chi connectivity index (χ4v) is 1.51. The van der Waals surface area contributed by atoms with Gasteiger partial charge in [-0.05, 0) is 13.0 Å². The van der Waals surface area contributed by atoms with Gasteiger partial charge in [0.25, 0.3) is 0 Å². The summed E-state index contributed by atoms with van der Waals surface area (Å²) in [6.07, 6.45) is 11.8. The zero-order chi connectivity index (χ0) is 9.78. The SMILES string of the molecule is CCCCCCCCCCCN[O-]. The first-order valence-electron chi connectivity index (χ1n) is 5.76. The van der Waals surface area contributed by atoms with Crippen molar-refractivity contribution in [3.8, 4) is 0 Å². The quantitative estimate of drug-likeness (QED) is 0.418. The molecule has 0 radical (unpaired) electrons. The Kier molecular flexibility index (Phi) is 11.8. The molecule has 0 aromatic rings. The van der Waals surface area contributed by atoms with Crippen LogP contribution in [0.25, 0.3) is 0 Å². The van der Waals surface area contributed by atoms with Gasteiger partial charge in [0, 0.05) is 0 Å². The Bertz CT molecular complexity index is 76.2. The standard InChI is InChI=1S/C11H24NO/c1-2-3-4-5-6-7-8-9-10-11-12-13/h12H,2-11H2,1H3/q-1. The first-order valence-corrected chi connectivity index (χ1v) is 5.76. The smallest absolute Gasteiger partial charge is 0.0170 e. The lowest BCUT2D eigenvalue weighted by atomic mass is 10.1. The van der Waals surface area contributed by atoms with Crippen molar-refractivity contribution in [1.29, 1.82) is 0 Å². The molecule has 0 aromatic heterocycles. The fraction of sp³-hybridized carbons (Fsp3) is 1.00. The van der Waals surface area contributed by atoms with E-state index < -0.39 is 0 Å². The van der Waals surface area contributed by atoms with E-state index in [9.17, 15) is 5.21 Å². The maximum Gasteiger partial charge on any atom is -0.0170 e. The van der Waals surface area contributed by atoms with Gasteiger partial charge >= 0.3 is 0 Å². The Balaban J connectivity index is 2.76. The van der Waals surface area contributed by atoms with E-state index >= 15 is 0 Å². The lowest BCUT2D eigenvalue weighted by Crippen LogP contribution is -2.04. The molecule has 0 heterocycles. The van der Waals surface area contributed by atoms with Crippen LogP contribution in [-0.4, -0.2) is 6.54 Å². The molecule has 0 aromatic carbocycles. The summed E-state index contributed by atoms with van der Waals surface area (Å²) < 4.78 is 0. The average molecular weight is 186 g/mol. The van der Waals surface area contributed by atoms with Gasteiger partial charge in [-0.2, -0.15) is 0 Å². The number of nitrogens with one attached hydrogen (secondary N) is 1. The number of hydrogen-bond acceptors (Lipinski definition) is 2. The van der Waals surface area contributed by atoms with Gasteiger partial charge in [-0.1, -0.05) is 58.3 Å². The summed E-state index contributed by atoms with van der Waals surface area (Å²) in [7, 11) is 0. The Labute approximate surface area is 82.7 Å². The third-order valence-electron chi connectivity index (χ3n) is 2.38. The molecular formula is C11H24NO-. The van der Waals surface area contributed by atoms with Crippen molar-refractivity contribution < 1.29 is 0 Å². The third-order valence-corrected chi connectivity index (χ3v) is 2.38. The average Bonchev–Trinajstić information content (AvgIpc) is 2.16. The molecule has 80 valence electrons. The molecule has 2 nitrogen and oxygen atoms in total. The van der Waals surface area contributed by atoms with Crippen molar-refractivity contribution in [2.75, 3.05) is 6.54 Å². The molecule has 0 amide bonds. The molecule has 0 spiro atoms. The van der Waals surface area contributed by atoms with Crippen molar-refractivity contribution >= 4 is 0 Å². The second kappa shape index (κ2) is 11.9. The van der Waals surface area contributed by atoms with Crippen molar-refractivity contribution in [3.05, 3.63) is 5.21 Å². The predicted molar refractivity (Wildman–Crippen MR) is 58.6 cm³/mol. The molecule has 0 fully saturated rings. The normalized spacial score (nSPS) is 10.6. The van der Waals surface area contributed by atoms with Crippen LogP contribution < -0.4 is 5.48 Å². The molecule has 0 rings (SSSR count). The number of rotatable bonds is 10. The summed E-state index contributed by atoms with van der Waals surface area (Å²) in [6, 6.07) is 0. The van der Waals surface area contributed by atoms with Crippen LogP contribution >= 0.6 is 0 Å². The van der Waals surface area contributed by atoms with E-state index in [0.29, 0.717) is 6.54 Å². The van der Waals surface area contributed by atoms with E-state index in [2.05, 4.69) is 6.92 Å². The molecule has 0 unspecified atom stereocenters. The van der Waals surface area contributed by atoms with Crippen LogP contribution in [0.3, 0.4) is 0 Å². The third kappa shape index (κ3) is 11.9. The van der Waals surface area contributed by atoms with Crippen LogP contribution in [0.4, 0.5) is 0 Å². The molecule has 0 saturated carbocycles. The highest BCUT2D eigenvalue weighted by atomic mass is 16.5. The van der Waals surface area contributed by atoms with E-state index in [1.54, 1.807) is 0 Å². The summed E-state index contributed by atoms with van der Waals surface area (Å²) in [5, 5.41) is 9.89. The topological polar surface area (TPSA) is 35.1 Å². The van der Waals surface area contributed by atoms with E-state index in [1.807, 2.05) is 5.48 Å². The Morgan fingerprint density at radius 1 is 0.769 bits per heavy atom. The summed E-state index contributed by atoms with van der Waals surface area (Å²) in [5.41, 5.74) is 1.94. The van der Waals surface area contributed by atoms with Crippen molar-refractivity contribution in [1.82, 2.24) is 5.48 Å². The van der Waals surface area contributed by atoms with Crippen molar-refractivity contribution in [2.24, 2.45) is 0 Å². The van der Waals surface area contributed by atoms with Gasteiger partial charge in [0.2, 0.25) is 0 Å². The van der Waals surface area contributed by atoms with Gasteiger partial charge < -0.3 is 10.7 Å². The van der Waals surface area contributed by atoms with Gasteiger partial charge in [-0.25, -0.2) is 0 Å². The molecule has 0 bridgehead atoms. The van der Waals surface area contributed by atoms with Crippen LogP contribution in [0.2, 0.25) is 0 Å². The van der Waals surface area contributed by atoms with Gasteiger partial charge in [-0.3, -0.25) is 0 Å². The number of hydrogen-bond donors (Lipinski definition) is 1. The van der Waals surface area contributed by atoms with Crippen LogP contribution in [0.1, 0.15) is 64.7 Å². The minimum atomic E-state index is 0.635. The minimum absolute atomic E-state index is 0.635. The Morgan fingerprint density at radius 3 is 1.69 bits per heavy atom. The lowest BCUT2D eigenvalue weighted by molar-refractivity contribution is 0.561. The maximum absolute atomic E-state index is 9.89. The largest absolute Gasteiger partial charge is 0.788 e. The highest BCUT2D eigenvalue weighted by Gasteiger charge is 1.90. The molecule has 0 aliphatic carbocycles. The zero-order valence-corrected chi connectivity index (χ0v) is 8.98. The van der Waals surface area contributed by atoms with Crippen LogP contribution in [0.5, 0.6) is 0 Å². The monoisotopic (exact) mass is 186 g/mol. The second-order valence-corrected chi connectivity index (χ2v) is 3.72. The summed E-state index contributed by atoms with van der Waals surface area (Å²) in [5.74, 6) is 0. The maximum atomic E-state index is 9.89. The number of hydroxylamine groups is 1. The Morgan fingerprint density at radius 2 is 1.23 bits per heavy atom. The zero-order valence-electron chi connectivity index (χ0n) is 8.98. The van der Waals surface area contributed by atoms with Gasteiger partial charge in [0.05, 0.1) is 0 Å². The first-order chi connectivity index (χ1) is 6.41.